The second kappa shape index (κ2) is 7.71. The molecule has 2 aliphatic rings. The maximum atomic E-state index is 12.8. The fraction of sp³-hybridized carbons (Fsp3) is 0.696. The summed E-state index contributed by atoms with van der Waals surface area (Å²) in [7, 11) is 0. The van der Waals surface area contributed by atoms with E-state index in [1.165, 1.54) is 12.5 Å². The van der Waals surface area contributed by atoms with Crippen LogP contribution in [0.2, 0.25) is 0 Å². The number of ketones is 1. The Bertz CT molecular complexity index is 859. The van der Waals surface area contributed by atoms with E-state index in [1.54, 1.807) is 0 Å². The molecular formula is C23H35N3O3. The van der Waals surface area contributed by atoms with Crippen LogP contribution in [-0.4, -0.2) is 46.7 Å². The number of Topliss-reactive ketones (excluding diaryl/α,β-unsaturated/α-hetero) is 1. The molecule has 0 bridgehead atoms. The molecule has 2 heterocycles. The van der Waals surface area contributed by atoms with Crippen molar-refractivity contribution in [1.29, 1.82) is 0 Å². The van der Waals surface area contributed by atoms with Crippen molar-refractivity contribution in [1.82, 2.24) is 15.2 Å². The molecule has 0 spiro atoms. The number of H-pyrrole nitrogens is 1. The summed E-state index contributed by atoms with van der Waals surface area (Å²) in [6, 6.07) is 1.49. The molecule has 0 saturated carbocycles. The molecule has 3 rings (SSSR count). The number of carbonyl (C=O) groups excluding carboxylic acids is 2. The van der Waals surface area contributed by atoms with Crippen LogP contribution in [0.5, 0.6) is 0 Å². The van der Waals surface area contributed by atoms with Crippen LogP contribution in [0.4, 0.5) is 0 Å². The van der Waals surface area contributed by atoms with Crippen molar-refractivity contribution in [2.45, 2.75) is 66.3 Å². The third-order valence-electron chi connectivity index (χ3n) is 6.37. The standard InChI is InChI=1S/C23H35N3O3/c1-14-7-15(2)12-26(11-14)23(5,6)13-24-20(28)17-8-16-18(25-21(17)29)9-22(3,4)10-19(16)27/h8,14-15H,7,9-13H2,1-6H3,(H,24,28)(H,25,29). The Morgan fingerprint density at radius 1 is 1.21 bits per heavy atom. The van der Waals surface area contributed by atoms with Crippen molar-refractivity contribution < 1.29 is 9.59 Å². The Balaban J connectivity index is 1.74. The molecule has 1 aliphatic carbocycles. The molecular weight excluding hydrogens is 366 g/mol. The number of piperidine rings is 1. The number of carbonyl (C=O) groups is 2. The van der Waals surface area contributed by atoms with Gasteiger partial charge in [-0.2, -0.15) is 0 Å². The molecule has 1 aromatic heterocycles. The van der Waals surface area contributed by atoms with Gasteiger partial charge in [-0.1, -0.05) is 27.7 Å². The number of aromatic nitrogens is 1. The van der Waals surface area contributed by atoms with E-state index < -0.39 is 11.5 Å². The van der Waals surface area contributed by atoms with Crippen molar-refractivity contribution in [3.05, 3.63) is 33.2 Å². The van der Waals surface area contributed by atoms with Gasteiger partial charge in [0, 0.05) is 42.9 Å². The second-order valence-electron chi connectivity index (χ2n) is 10.7. The minimum absolute atomic E-state index is 0.0156. The molecule has 0 aromatic carbocycles. The summed E-state index contributed by atoms with van der Waals surface area (Å²) in [6.07, 6.45) is 2.28. The number of fused-ring (bicyclic) bond motifs is 1. The van der Waals surface area contributed by atoms with Crippen LogP contribution < -0.4 is 10.9 Å². The molecule has 1 fully saturated rings. The zero-order valence-electron chi connectivity index (χ0n) is 18.6. The van der Waals surface area contributed by atoms with Crippen molar-refractivity contribution in [3.8, 4) is 0 Å². The quantitative estimate of drug-likeness (QED) is 0.812. The van der Waals surface area contributed by atoms with Gasteiger partial charge >= 0.3 is 0 Å². The number of rotatable bonds is 4. The van der Waals surface area contributed by atoms with Crippen molar-refractivity contribution >= 4 is 11.7 Å². The normalized spacial score (nSPS) is 24.8. The minimum atomic E-state index is -0.426. The molecule has 0 radical (unpaired) electrons. The Morgan fingerprint density at radius 2 is 1.83 bits per heavy atom. The first-order valence-electron chi connectivity index (χ1n) is 10.7. The number of nitrogens with zero attached hydrogens (tertiary/aromatic N) is 1. The van der Waals surface area contributed by atoms with E-state index in [1.807, 2.05) is 13.8 Å². The highest BCUT2D eigenvalue weighted by Gasteiger charge is 2.34. The van der Waals surface area contributed by atoms with E-state index in [9.17, 15) is 14.4 Å². The predicted octanol–water partition coefficient (Wildman–Crippen LogP) is 3.02. The number of pyridine rings is 1. The van der Waals surface area contributed by atoms with E-state index in [-0.39, 0.29) is 22.3 Å². The Labute approximate surface area is 173 Å². The van der Waals surface area contributed by atoms with E-state index in [0.29, 0.717) is 42.5 Å². The van der Waals surface area contributed by atoms with Crippen LogP contribution in [0.25, 0.3) is 0 Å². The maximum absolute atomic E-state index is 12.8. The number of hydrogen-bond acceptors (Lipinski definition) is 4. The lowest BCUT2D eigenvalue weighted by atomic mass is 9.75. The van der Waals surface area contributed by atoms with Gasteiger partial charge in [-0.05, 0) is 50.0 Å². The first-order chi connectivity index (χ1) is 13.4. The Kier molecular flexibility index (Phi) is 5.78. The molecule has 6 heteroatoms. The van der Waals surface area contributed by atoms with Gasteiger partial charge in [0.1, 0.15) is 5.56 Å². The van der Waals surface area contributed by atoms with Gasteiger partial charge in [0.15, 0.2) is 5.78 Å². The average Bonchev–Trinajstić information content (AvgIpc) is 2.57. The molecule has 2 N–H and O–H groups in total. The molecule has 1 aromatic rings. The highest BCUT2D eigenvalue weighted by molar-refractivity contribution is 6.02. The van der Waals surface area contributed by atoms with Gasteiger partial charge in [0.25, 0.3) is 11.5 Å². The zero-order chi connectivity index (χ0) is 21.6. The lowest BCUT2D eigenvalue weighted by Gasteiger charge is -2.45. The Hall–Kier alpha value is -1.95. The summed E-state index contributed by atoms with van der Waals surface area (Å²) in [4.78, 5) is 43.0. The fourth-order valence-electron chi connectivity index (χ4n) is 4.86. The average molecular weight is 402 g/mol. The van der Waals surface area contributed by atoms with Gasteiger partial charge in [0.05, 0.1) is 0 Å². The SMILES string of the molecule is CC1CC(C)CN(C(C)(C)CNC(=O)c2cc3c([nH]c2=O)CC(C)(C)CC3=O)C1. The monoisotopic (exact) mass is 401 g/mol. The van der Waals surface area contributed by atoms with Gasteiger partial charge < -0.3 is 10.3 Å². The van der Waals surface area contributed by atoms with Gasteiger partial charge in [-0.3, -0.25) is 19.3 Å². The number of amides is 1. The highest BCUT2D eigenvalue weighted by atomic mass is 16.2. The summed E-state index contributed by atoms with van der Waals surface area (Å²) in [6.45, 7) is 15.3. The zero-order valence-corrected chi connectivity index (χ0v) is 18.6. The Morgan fingerprint density at radius 3 is 2.45 bits per heavy atom. The van der Waals surface area contributed by atoms with Gasteiger partial charge in [-0.15, -0.1) is 0 Å². The summed E-state index contributed by atoms with van der Waals surface area (Å²) >= 11 is 0. The first-order valence-corrected chi connectivity index (χ1v) is 10.7. The number of hydrogen-bond donors (Lipinski definition) is 2. The number of likely N-dealkylation sites (tertiary alicyclic amines) is 1. The van der Waals surface area contributed by atoms with Crippen LogP contribution in [0.3, 0.4) is 0 Å². The summed E-state index contributed by atoms with van der Waals surface area (Å²) in [5.74, 6) is 0.830. The fourth-order valence-corrected chi connectivity index (χ4v) is 4.86. The predicted molar refractivity (Wildman–Crippen MR) is 114 cm³/mol. The first kappa shape index (κ1) is 21.8. The molecule has 2 unspecified atom stereocenters. The largest absolute Gasteiger partial charge is 0.350 e. The smallest absolute Gasteiger partial charge is 0.261 e. The lowest BCUT2D eigenvalue weighted by Crippen LogP contribution is -2.56. The van der Waals surface area contributed by atoms with E-state index >= 15 is 0 Å². The molecule has 6 nitrogen and oxygen atoms in total. The lowest BCUT2D eigenvalue weighted by molar-refractivity contribution is 0.0445. The third-order valence-corrected chi connectivity index (χ3v) is 6.37. The van der Waals surface area contributed by atoms with Gasteiger partial charge in [-0.25, -0.2) is 0 Å². The molecule has 1 amide bonds. The number of nitrogens with one attached hydrogen (secondary N) is 2. The topological polar surface area (TPSA) is 82.3 Å². The maximum Gasteiger partial charge on any atom is 0.261 e. The van der Waals surface area contributed by atoms with Crippen molar-refractivity contribution in [2.75, 3.05) is 19.6 Å². The van der Waals surface area contributed by atoms with E-state index in [0.717, 1.165) is 13.1 Å². The van der Waals surface area contributed by atoms with Crippen LogP contribution in [-0.2, 0) is 6.42 Å². The number of aromatic amines is 1. The molecule has 2 atom stereocenters. The molecule has 1 saturated heterocycles. The van der Waals surface area contributed by atoms with Crippen LogP contribution >= 0.6 is 0 Å². The summed E-state index contributed by atoms with van der Waals surface area (Å²) in [5, 5.41) is 2.93. The highest BCUT2D eigenvalue weighted by Crippen LogP contribution is 2.33. The van der Waals surface area contributed by atoms with Crippen molar-refractivity contribution in [2.24, 2.45) is 17.3 Å². The van der Waals surface area contributed by atoms with Crippen molar-refractivity contribution in [3.63, 3.8) is 0 Å². The third kappa shape index (κ3) is 4.80. The minimum Gasteiger partial charge on any atom is -0.350 e. The molecule has 160 valence electrons. The molecule has 1 aliphatic heterocycles. The van der Waals surface area contributed by atoms with Gasteiger partial charge in [0.2, 0.25) is 0 Å². The summed E-state index contributed by atoms with van der Waals surface area (Å²) < 4.78 is 0. The van der Waals surface area contributed by atoms with E-state index in [2.05, 4.69) is 42.9 Å². The summed E-state index contributed by atoms with van der Waals surface area (Å²) in [5.41, 5.74) is 0.331. The van der Waals surface area contributed by atoms with E-state index in [4.69, 9.17) is 0 Å². The van der Waals surface area contributed by atoms with Crippen LogP contribution in [0.1, 0.15) is 80.8 Å². The second-order valence-corrected chi connectivity index (χ2v) is 10.7. The van der Waals surface area contributed by atoms with Crippen LogP contribution in [0.15, 0.2) is 10.9 Å². The van der Waals surface area contributed by atoms with Crippen LogP contribution in [0, 0.1) is 17.3 Å². The molecule has 29 heavy (non-hydrogen) atoms.